The lowest BCUT2D eigenvalue weighted by atomic mass is 10.2. The highest BCUT2D eigenvalue weighted by Crippen LogP contribution is 2.27. The van der Waals surface area contributed by atoms with E-state index in [1.165, 1.54) is 5.56 Å². The van der Waals surface area contributed by atoms with Gasteiger partial charge in [0.25, 0.3) is 0 Å². The molecule has 25 heavy (non-hydrogen) atoms. The second-order valence-electron chi connectivity index (χ2n) is 5.80. The number of benzene rings is 1. The van der Waals surface area contributed by atoms with Crippen LogP contribution >= 0.6 is 0 Å². The van der Waals surface area contributed by atoms with Crippen molar-refractivity contribution in [2.45, 2.75) is 26.4 Å². The Hall–Kier alpha value is -3.15. The second kappa shape index (κ2) is 6.76. The molecule has 0 bridgehead atoms. The topological polar surface area (TPSA) is 68.8 Å². The number of nitrogens with zero attached hydrogens (tertiary/aromatic N) is 4. The molecule has 4 aromatic rings. The summed E-state index contributed by atoms with van der Waals surface area (Å²) in [6, 6.07) is 14.0. The van der Waals surface area contributed by atoms with E-state index >= 15 is 0 Å². The highest BCUT2D eigenvalue weighted by molar-refractivity contribution is 5.85. The molecule has 6 heteroatoms. The fraction of sp³-hybridized carbons (Fsp3) is 0.211. The van der Waals surface area contributed by atoms with Crippen molar-refractivity contribution in [2.24, 2.45) is 0 Å². The van der Waals surface area contributed by atoms with E-state index in [0.717, 1.165) is 41.5 Å². The number of hydrogen-bond acceptors (Lipinski definition) is 5. The molecule has 0 spiro atoms. The summed E-state index contributed by atoms with van der Waals surface area (Å²) in [5.74, 6) is 2.25. The maximum Gasteiger partial charge on any atom is 0.178 e. The van der Waals surface area contributed by atoms with Crippen molar-refractivity contribution in [3.8, 4) is 11.6 Å². The lowest BCUT2D eigenvalue weighted by Gasteiger charge is -2.07. The number of nitrogens with one attached hydrogen (secondary N) is 1. The highest BCUT2D eigenvalue weighted by atomic mass is 16.3. The number of aryl methyl sites for hydroxylation is 1. The minimum Gasteiger partial charge on any atom is -0.461 e. The van der Waals surface area contributed by atoms with Crippen LogP contribution < -0.4 is 5.32 Å². The fourth-order valence-electron chi connectivity index (χ4n) is 2.88. The summed E-state index contributed by atoms with van der Waals surface area (Å²) in [4.78, 5) is 13.6. The lowest BCUT2D eigenvalue weighted by Crippen LogP contribution is -2.03. The summed E-state index contributed by atoms with van der Waals surface area (Å²) in [5.41, 5.74) is 2.77. The zero-order valence-electron chi connectivity index (χ0n) is 14.0. The number of aromatic nitrogens is 4. The van der Waals surface area contributed by atoms with Gasteiger partial charge in [0, 0.05) is 13.1 Å². The highest BCUT2D eigenvalue weighted by Gasteiger charge is 2.18. The van der Waals surface area contributed by atoms with Crippen LogP contribution in [0.4, 0.5) is 5.82 Å². The first kappa shape index (κ1) is 15.4. The number of rotatable bonds is 6. The number of furan rings is 1. The van der Waals surface area contributed by atoms with E-state index in [2.05, 4.69) is 38.9 Å². The SMILES string of the molecule is CCCn1c(-c2ccco2)nc2c(NCc3ccccc3)ncnc21. The number of anilines is 1. The van der Waals surface area contributed by atoms with Gasteiger partial charge in [-0.1, -0.05) is 37.3 Å². The average molecular weight is 333 g/mol. The van der Waals surface area contributed by atoms with E-state index < -0.39 is 0 Å². The number of imidazole rings is 1. The molecule has 0 fully saturated rings. The van der Waals surface area contributed by atoms with Gasteiger partial charge < -0.3 is 14.3 Å². The van der Waals surface area contributed by atoms with Crippen molar-refractivity contribution < 1.29 is 4.42 Å². The first-order valence-electron chi connectivity index (χ1n) is 8.39. The van der Waals surface area contributed by atoms with Gasteiger partial charge in [-0.25, -0.2) is 15.0 Å². The first-order valence-corrected chi connectivity index (χ1v) is 8.39. The van der Waals surface area contributed by atoms with E-state index in [0.29, 0.717) is 6.54 Å². The Labute approximate surface area is 145 Å². The third kappa shape index (κ3) is 2.98. The van der Waals surface area contributed by atoms with Gasteiger partial charge in [-0.15, -0.1) is 0 Å². The van der Waals surface area contributed by atoms with Gasteiger partial charge in [0.05, 0.1) is 6.26 Å². The zero-order chi connectivity index (χ0) is 17.1. The van der Waals surface area contributed by atoms with E-state index in [9.17, 15) is 0 Å². The van der Waals surface area contributed by atoms with Gasteiger partial charge >= 0.3 is 0 Å². The molecule has 0 aliphatic heterocycles. The van der Waals surface area contributed by atoms with Gasteiger partial charge in [-0.3, -0.25) is 0 Å². The van der Waals surface area contributed by atoms with Gasteiger partial charge in [-0.2, -0.15) is 0 Å². The zero-order valence-corrected chi connectivity index (χ0v) is 14.0. The third-order valence-corrected chi connectivity index (χ3v) is 4.02. The number of hydrogen-bond donors (Lipinski definition) is 1. The Morgan fingerprint density at radius 3 is 2.72 bits per heavy atom. The van der Waals surface area contributed by atoms with Gasteiger partial charge in [-0.05, 0) is 24.1 Å². The summed E-state index contributed by atoms with van der Waals surface area (Å²) in [7, 11) is 0. The molecule has 1 N–H and O–H groups in total. The van der Waals surface area contributed by atoms with E-state index in [1.807, 2.05) is 30.3 Å². The largest absolute Gasteiger partial charge is 0.461 e. The maximum atomic E-state index is 5.55. The maximum absolute atomic E-state index is 5.55. The van der Waals surface area contributed by atoms with Crippen LogP contribution in [0.2, 0.25) is 0 Å². The molecule has 6 nitrogen and oxygen atoms in total. The molecule has 0 aliphatic rings. The molecule has 0 radical (unpaired) electrons. The molecular weight excluding hydrogens is 314 g/mol. The Balaban J connectivity index is 1.74. The summed E-state index contributed by atoms with van der Waals surface area (Å²) < 4.78 is 7.64. The Morgan fingerprint density at radius 1 is 1.08 bits per heavy atom. The van der Waals surface area contributed by atoms with Crippen molar-refractivity contribution in [3.05, 3.63) is 60.6 Å². The quantitative estimate of drug-likeness (QED) is 0.575. The van der Waals surface area contributed by atoms with E-state index in [-0.39, 0.29) is 0 Å². The van der Waals surface area contributed by atoms with Crippen LogP contribution in [0.3, 0.4) is 0 Å². The average Bonchev–Trinajstić information content (AvgIpc) is 3.29. The minimum atomic E-state index is 0.684. The summed E-state index contributed by atoms with van der Waals surface area (Å²) in [6.45, 7) is 3.64. The number of fused-ring (bicyclic) bond motifs is 1. The normalized spacial score (nSPS) is 11.1. The molecule has 0 unspecified atom stereocenters. The van der Waals surface area contributed by atoms with Crippen molar-refractivity contribution >= 4 is 17.0 Å². The molecule has 0 amide bonds. The molecule has 3 aromatic heterocycles. The smallest absolute Gasteiger partial charge is 0.178 e. The monoisotopic (exact) mass is 333 g/mol. The van der Waals surface area contributed by atoms with Gasteiger partial charge in [0.1, 0.15) is 6.33 Å². The predicted octanol–water partition coefficient (Wildman–Crippen LogP) is 4.11. The minimum absolute atomic E-state index is 0.684. The fourth-order valence-corrected chi connectivity index (χ4v) is 2.88. The van der Waals surface area contributed by atoms with Crippen molar-refractivity contribution in [2.75, 3.05) is 5.32 Å². The van der Waals surface area contributed by atoms with Crippen LogP contribution in [0.1, 0.15) is 18.9 Å². The lowest BCUT2D eigenvalue weighted by molar-refractivity contribution is 0.568. The molecule has 126 valence electrons. The summed E-state index contributed by atoms with van der Waals surface area (Å²) in [5, 5.41) is 3.37. The van der Waals surface area contributed by atoms with Crippen LogP contribution in [0.25, 0.3) is 22.7 Å². The second-order valence-corrected chi connectivity index (χ2v) is 5.80. The molecule has 0 saturated carbocycles. The molecule has 4 rings (SSSR count). The molecular formula is C19H19N5O. The van der Waals surface area contributed by atoms with E-state index in [4.69, 9.17) is 9.40 Å². The molecule has 0 atom stereocenters. The van der Waals surface area contributed by atoms with Crippen LogP contribution in [-0.4, -0.2) is 19.5 Å². The van der Waals surface area contributed by atoms with Gasteiger partial charge in [0.15, 0.2) is 28.6 Å². The van der Waals surface area contributed by atoms with Crippen LogP contribution in [0.5, 0.6) is 0 Å². The first-order chi connectivity index (χ1) is 12.4. The van der Waals surface area contributed by atoms with Crippen molar-refractivity contribution in [1.82, 2.24) is 19.5 Å². The van der Waals surface area contributed by atoms with Crippen LogP contribution in [-0.2, 0) is 13.1 Å². The van der Waals surface area contributed by atoms with Crippen LogP contribution in [0.15, 0.2) is 59.5 Å². The molecule has 0 aliphatic carbocycles. The third-order valence-electron chi connectivity index (χ3n) is 4.02. The standard InChI is InChI=1S/C19H19N5O/c1-2-10-24-18(15-9-6-11-25-15)23-16-17(21-13-22-19(16)24)20-12-14-7-4-3-5-8-14/h3-9,11,13H,2,10,12H2,1H3,(H,20,21,22). The Kier molecular flexibility index (Phi) is 4.16. The van der Waals surface area contributed by atoms with Crippen molar-refractivity contribution in [3.63, 3.8) is 0 Å². The Bertz CT molecular complexity index is 960. The molecule has 3 heterocycles. The Morgan fingerprint density at radius 2 is 1.96 bits per heavy atom. The van der Waals surface area contributed by atoms with Crippen LogP contribution in [0, 0.1) is 0 Å². The van der Waals surface area contributed by atoms with Gasteiger partial charge in [0.2, 0.25) is 0 Å². The van der Waals surface area contributed by atoms with Crippen molar-refractivity contribution in [1.29, 1.82) is 0 Å². The molecule has 0 saturated heterocycles. The predicted molar refractivity (Wildman–Crippen MR) is 97.1 cm³/mol. The molecule has 1 aromatic carbocycles. The van der Waals surface area contributed by atoms with E-state index in [1.54, 1.807) is 12.6 Å². The summed E-state index contributed by atoms with van der Waals surface area (Å²) >= 11 is 0. The summed E-state index contributed by atoms with van der Waals surface area (Å²) in [6.07, 6.45) is 4.22.